The minimum atomic E-state index is -0.841. The van der Waals surface area contributed by atoms with Crippen molar-refractivity contribution in [2.45, 2.75) is 26.3 Å². The molecular formula is C15H20N2O3. The molecule has 1 atom stereocenters. The average Bonchev–Trinajstić information content (AvgIpc) is 2.43. The molecule has 1 aromatic rings. The third kappa shape index (κ3) is 3.81. The SMILES string of the molecule is CC(CNC(=O)c1ccc2c(c1)CNCC2)CC(=O)O. The number of aliphatic carboxylic acids is 1. The van der Waals surface area contributed by atoms with E-state index in [2.05, 4.69) is 10.6 Å². The van der Waals surface area contributed by atoms with E-state index in [0.29, 0.717) is 12.1 Å². The lowest BCUT2D eigenvalue weighted by atomic mass is 9.98. The molecule has 108 valence electrons. The third-order valence-corrected chi connectivity index (χ3v) is 3.49. The van der Waals surface area contributed by atoms with Crippen LogP contribution in [-0.2, 0) is 17.8 Å². The largest absolute Gasteiger partial charge is 0.481 e. The van der Waals surface area contributed by atoms with E-state index in [9.17, 15) is 9.59 Å². The molecule has 1 unspecified atom stereocenters. The summed E-state index contributed by atoms with van der Waals surface area (Å²) in [6.07, 6.45) is 1.06. The Hall–Kier alpha value is -1.88. The average molecular weight is 276 g/mol. The summed E-state index contributed by atoms with van der Waals surface area (Å²) in [5.41, 5.74) is 3.09. The highest BCUT2D eigenvalue weighted by Gasteiger charge is 2.14. The molecule has 0 fully saturated rings. The van der Waals surface area contributed by atoms with Gasteiger partial charge in [-0.3, -0.25) is 9.59 Å². The molecule has 2 rings (SSSR count). The van der Waals surface area contributed by atoms with Crippen LogP contribution in [-0.4, -0.2) is 30.1 Å². The van der Waals surface area contributed by atoms with Crippen LogP contribution in [0.3, 0.4) is 0 Å². The molecule has 0 saturated carbocycles. The number of benzene rings is 1. The zero-order chi connectivity index (χ0) is 14.5. The summed E-state index contributed by atoms with van der Waals surface area (Å²) in [4.78, 5) is 22.6. The molecule has 1 heterocycles. The van der Waals surface area contributed by atoms with Crippen LogP contribution in [0, 0.1) is 5.92 Å². The van der Waals surface area contributed by atoms with Gasteiger partial charge in [0, 0.05) is 25.1 Å². The lowest BCUT2D eigenvalue weighted by molar-refractivity contribution is -0.137. The fraction of sp³-hybridized carbons (Fsp3) is 0.467. The molecule has 0 radical (unpaired) electrons. The van der Waals surface area contributed by atoms with E-state index in [-0.39, 0.29) is 18.2 Å². The van der Waals surface area contributed by atoms with Crippen molar-refractivity contribution in [2.75, 3.05) is 13.1 Å². The topological polar surface area (TPSA) is 78.4 Å². The smallest absolute Gasteiger partial charge is 0.303 e. The maximum Gasteiger partial charge on any atom is 0.303 e. The van der Waals surface area contributed by atoms with Crippen LogP contribution in [0.15, 0.2) is 18.2 Å². The van der Waals surface area contributed by atoms with E-state index in [1.165, 1.54) is 11.1 Å². The lowest BCUT2D eigenvalue weighted by Crippen LogP contribution is -2.30. The van der Waals surface area contributed by atoms with Gasteiger partial charge in [-0.2, -0.15) is 0 Å². The van der Waals surface area contributed by atoms with Crippen molar-refractivity contribution in [3.8, 4) is 0 Å². The first kappa shape index (κ1) is 14.5. The first-order valence-electron chi connectivity index (χ1n) is 6.89. The van der Waals surface area contributed by atoms with E-state index in [1.807, 2.05) is 25.1 Å². The summed E-state index contributed by atoms with van der Waals surface area (Å²) in [5, 5.41) is 14.7. The van der Waals surface area contributed by atoms with Crippen LogP contribution < -0.4 is 10.6 Å². The van der Waals surface area contributed by atoms with E-state index < -0.39 is 5.97 Å². The molecule has 1 aliphatic heterocycles. The number of hydrogen-bond acceptors (Lipinski definition) is 3. The highest BCUT2D eigenvalue weighted by molar-refractivity contribution is 5.94. The van der Waals surface area contributed by atoms with Gasteiger partial charge in [-0.1, -0.05) is 13.0 Å². The Balaban J connectivity index is 1.94. The van der Waals surface area contributed by atoms with Crippen molar-refractivity contribution >= 4 is 11.9 Å². The molecule has 0 saturated heterocycles. The molecule has 5 nitrogen and oxygen atoms in total. The van der Waals surface area contributed by atoms with Gasteiger partial charge < -0.3 is 15.7 Å². The minimum Gasteiger partial charge on any atom is -0.481 e. The van der Waals surface area contributed by atoms with Gasteiger partial charge in [-0.25, -0.2) is 0 Å². The Morgan fingerprint density at radius 2 is 2.20 bits per heavy atom. The van der Waals surface area contributed by atoms with Gasteiger partial charge in [-0.15, -0.1) is 0 Å². The van der Waals surface area contributed by atoms with E-state index in [4.69, 9.17) is 5.11 Å². The van der Waals surface area contributed by atoms with Gasteiger partial charge in [0.05, 0.1) is 0 Å². The fourth-order valence-corrected chi connectivity index (χ4v) is 2.36. The second-order valence-corrected chi connectivity index (χ2v) is 5.32. The fourth-order valence-electron chi connectivity index (χ4n) is 2.36. The monoisotopic (exact) mass is 276 g/mol. The Kier molecular flexibility index (Phi) is 4.74. The second kappa shape index (κ2) is 6.52. The first-order valence-corrected chi connectivity index (χ1v) is 6.89. The van der Waals surface area contributed by atoms with Gasteiger partial charge in [0.2, 0.25) is 0 Å². The van der Waals surface area contributed by atoms with Crippen LogP contribution in [0.2, 0.25) is 0 Å². The van der Waals surface area contributed by atoms with E-state index in [1.54, 1.807) is 0 Å². The molecule has 1 aliphatic rings. The highest BCUT2D eigenvalue weighted by Crippen LogP contribution is 2.16. The summed E-state index contributed by atoms with van der Waals surface area (Å²) in [6.45, 7) is 3.96. The molecular weight excluding hydrogens is 256 g/mol. The maximum absolute atomic E-state index is 12.0. The van der Waals surface area contributed by atoms with Crippen LogP contribution in [0.25, 0.3) is 0 Å². The van der Waals surface area contributed by atoms with Gasteiger partial charge >= 0.3 is 5.97 Å². The Morgan fingerprint density at radius 3 is 2.95 bits per heavy atom. The molecule has 3 N–H and O–H groups in total. The molecule has 1 amide bonds. The van der Waals surface area contributed by atoms with Crippen molar-refractivity contribution in [1.82, 2.24) is 10.6 Å². The summed E-state index contributed by atoms with van der Waals surface area (Å²) < 4.78 is 0. The number of carbonyl (C=O) groups is 2. The van der Waals surface area contributed by atoms with Crippen molar-refractivity contribution in [2.24, 2.45) is 5.92 Å². The van der Waals surface area contributed by atoms with Crippen LogP contribution >= 0.6 is 0 Å². The van der Waals surface area contributed by atoms with Gasteiger partial charge in [0.1, 0.15) is 0 Å². The summed E-state index contributed by atoms with van der Waals surface area (Å²) >= 11 is 0. The van der Waals surface area contributed by atoms with Gasteiger partial charge in [-0.05, 0) is 42.1 Å². The Labute approximate surface area is 118 Å². The van der Waals surface area contributed by atoms with E-state index >= 15 is 0 Å². The Bertz CT molecular complexity index is 514. The predicted octanol–water partition coefficient (Wildman–Crippen LogP) is 1.17. The number of carbonyl (C=O) groups excluding carboxylic acids is 1. The second-order valence-electron chi connectivity index (χ2n) is 5.32. The van der Waals surface area contributed by atoms with Crippen LogP contribution in [0.1, 0.15) is 34.8 Å². The normalized spacial score (nSPS) is 15.2. The zero-order valence-electron chi connectivity index (χ0n) is 11.6. The van der Waals surface area contributed by atoms with Crippen molar-refractivity contribution in [3.05, 3.63) is 34.9 Å². The number of hydrogen-bond donors (Lipinski definition) is 3. The molecule has 0 bridgehead atoms. The van der Waals surface area contributed by atoms with Gasteiger partial charge in [0.15, 0.2) is 0 Å². The highest BCUT2D eigenvalue weighted by atomic mass is 16.4. The predicted molar refractivity (Wildman–Crippen MR) is 75.6 cm³/mol. The standard InChI is InChI=1S/C15H20N2O3/c1-10(6-14(18)19)8-17-15(20)12-3-2-11-4-5-16-9-13(11)7-12/h2-3,7,10,16H,4-6,8-9H2,1H3,(H,17,20)(H,18,19). The molecule has 0 aromatic heterocycles. The number of fused-ring (bicyclic) bond motifs is 1. The molecule has 1 aromatic carbocycles. The Morgan fingerprint density at radius 1 is 1.40 bits per heavy atom. The summed E-state index contributed by atoms with van der Waals surface area (Å²) in [6, 6.07) is 5.76. The van der Waals surface area contributed by atoms with Crippen molar-refractivity contribution < 1.29 is 14.7 Å². The van der Waals surface area contributed by atoms with Crippen molar-refractivity contribution in [1.29, 1.82) is 0 Å². The number of rotatable bonds is 5. The number of carboxylic acids is 1. The number of carboxylic acid groups (broad SMARTS) is 1. The van der Waals surface area contributed by atoms with Crippen molar-refractivity contribution in [3.63, 3.8) is 0 Å². The van der Waals surface area contributed by atoms with Gasteiger partial charge in [0.25, 0.3) is 5.91 Å². The summed E-state index contributed by atoms with van der Waals surface area (Å²) in [5.74, 6) is -1.06. The van der Waals surface area contributed by atoms with Crippen LogP contribution in [0.4, 0.5) is 0 Å². The maximum atomic E-state index is 12.0. The number of nitrogens with one attached hydrogen (secondary N) is 2. The molecule has 5 heteroatoms. The number of amides is 1. The molecule has 0 spiro atoms. The third-order valence-electron chi connectivity index (χ3n) is 3.49. The van der Waals surface area contributed by atoms with Crippen LogP contribution in [0.5, 0.6) is 0 Å². The molecule has 0 aliphatic carbocycles. The quantitative estimate of drug-likeness (QED) is 0.754. The molecule has 20 heavy (non-hydrogen) atoms. The first-order chi connectivity index (χ1) is 9.56. The van der Waals surface area contributed by atoms with E-state index in [0.717, 1.165) is 19.5 Å². The lowest BCUT2D eigenvalue weighted by Gasteiger charge is -2.18. The summed E-state index contributed by atoms with van der Waals surface area (Å²) in [7, 11) is 0. The zero-order valence-corrected chi connectivity index (χ0v) is 11.6. The minimum absolute atomic E-state index is 0.0639.